The first-order chi connectivity index (χ1) is 9.88. The highest BCUT2D eigenvalue weighted by molar-refractivity contribution is 7.45. The Bertz CT molecular complexity index is 499. The molecule has 0 amide bonds. The van der Waals surface area contributed by atoms with Gasteiger partial charge in [-0.15, -0.1) is 5.09 Å². The predicted octanol–water partition coefficient (Wildman–Crippen LogP) is 3.45. The lowest BCUT2D eigenvalue weighted by Crippen LogP contribution is -2.04. The molecule has 1 N–H and O–H groups in total. The van der Waals surface area contributed by atoms with Crippen molar-refractivity contribution >= 4 is 8.53 Å². The third-order valence-corrected chi connectivity index (χ3v) is 3.71. The second-order valence-electron chi connectivity index (χ2n) is 4.07. The van der Waals surface area contributed by atoms with E-state index in [-0.39, 0.29) is 0 Å². The highest BCUT2D eigenvalue weighted by atomic mass is 31.2. The van der Waals surface area contributed by atoms with E-state index in [4.69, 9.17) is 14.3 Å². The van der Waals surface area contributed by atoms with Gasteiger partial charge in [-0.1, -0.05) is 60.7 Å². The minimum absolute atomic E-state index is 0.429. The topological polar surface area (TPSA) is 54.3 Å². The van der Waals surface area contributed by atoms with E-state index in [9.17, 15) is 0 Å². The van der Waals surface area contributed by atoms with E-state index in [0.717, 1.165) is 11.1 Å². The second-order valence-corrected chi connectivity index (χ2v) is 5.48. The molecule has 0 bridgehead atoms. The molecule has 0 aliphatic carbocycles. The van der Waals surface area contributed by atoms with E-state index < -0.39 is 8.53 Å². The molecule has 102 valence electrons. The van der Waals surface area contributed by atoms with Gasteiger partial charge in [-0.3, -0.25) is 0 Å². The van der Waals surface area contributed by atoms with Crippen LogP contribution in [-0.2, 0) is 22.3 Å². The number of hydrogen-bond donors (Lipinski definition) is 1. The summed E-state index contributed by atoms with van der Waals surface area (Å²) in [5, 5.41) is 11.3. The lowest BCUT2D eigenvalue weighted by molar-refractivity contribution is 0.231. The molecule has 0 saturated carbocycles. The van der Waals surface area contributed by atoms with Crippen LogP contribution in [0, 0.1) is 11.5 Å². The van der Waals surface area contributed by atoms with E-state index in [1.54, 1.807) is 0 Å². The van der Waals surface area contributed by atoms with Gasteiger partial charge in [0.25, 0.3) is 0 Å². The first-order valence-corrected chi connectivity index (χ1v) is 7.55. The van der Waals surface area contributed by atoms with Crippen molar-refractivity contribution in [2.45, 2.75) is 13.2 Å². The second kappa shape index (κ2) is 8.29. The Kier molecular flexibility index (Phi) is 6.01. The van der Waals surface area contributed by atoms with Crippen LogP contribution in [0.2, 0.25) is 0 Å². The fourth-order valence-corrected chi connectivity index (χ4v) is 2.52. The maximum absolute atomic E-state index is 8.74. The van der Waals surface area contributed by atoms with Crippen LogP contribution in [0.15, 0.2) is 60.7 Å². The zero-order valence-electron chi connectivity index (χ0n) is 11.0. The number of nitriles is 1. The summed E-state index contributed by atoms with van der Waals surface area (Å²) in [5.41, 5.74) is 2.11. The van der Waals surface area contributed by atoms with Crippen molar-refractivity contribution in [2.75, 3.05) is 0 Å². The predicted molar refractivity (Wildman–Crippen MR) is 79.5 cm³/mol. The van der Waals surface area contributed by atoms with Gasteiger partial charge >= 0.3 is 8.53 Å². The van der Waals surface area contributed by atoms with Crippen LogP contribution in [-0.4, -0.2) is 0 Å². The van der Waals surface area contributed by atoms with Gasteiger partial charge in [-0.05, 0) is 11.1 Å². The van der Waals surface area contributed by atoms with E-state index in [2.05, 4.69) is 5.09 Å². The van der Waals surface area contributed by atoms with Crippen molar-refractivity contribution in [3.63, 3.8) is 0 Å². The Hall–Kier alpha value is -1.92. The van der Waals surface area contributed by atoms with Crippen LogP contribution in [0.1, 0.15) is 11.1 Å². The van der Waals surface area contributed by atoms with Crippen LogP contribution >= 0.6 is 8.53 Å². The van der Waals surface area contributed by atoms with Gasteiger partial charge in [0, 0.05) is 0 Å². The molecule has 2 rings (SSSR count). The molecule has 2 aromatic rings. The zero-order chi connectivity index (χ0) is 14.0. The number of nitrogens with one attached hydrogen (secondary N) is 1. The lowest BCUT2D eigenvalue weighted by Gasteiger charge is -2.07. The molecule has 0 heterocycles. The quantitative estimate of drug-likeness (QED) is 0.481. The van der Waals surface area contributed by atoms with Crippen LogP contribution in [0.3, 0.4) is 0 Å². The average Bonchev–Trinajstić information content (AvgIpc) is 2.52. The molecular weight excluding hydrogens is 271 g/mol. The summed E-state index contributed by atoms with van der Waals surface area (Å²) in [7, 11) is -1.80. The van der Waals surface area contributed by atoms with Crippen LogP contribution in [0.5, 0.6) is 0 Å². The third-order valence-electron chi connectivity index (χ3n) is 2.58. The summed E-state index contributed by atoms with van der Waals surface area (Å²) in [5.74, 6) is 0. The third kappa shape index (κ3) is 4.99. The standard InChI is InChI=1S/C15H15N2O2P/c16-13-17-20(18-11-14-7-3-1-4-8-14)19-12-15-9-5-2-6-10-15/h1-10,17H,11-12H2/p+1. The van der Waals surface area contributed by atoms with E-state index in [1.165, 1.54) is 0 Å². The maximum atomic E-state index is 8.74. The van der Waals surface area contributed by atoms with Crippen LogP contribution in [0.25, 0.3) is 0 Å². The molecule has 0 fully saturated rings. The molecule has 0 aliphatic rings. The van der Waals surface area contributed by atoms with Gasteiger partial charge < -0.3 is 0 Å². The van der Waals surface area contributed by atoms with Gasteiger partial charge in [0.2, 0.25) is 6.19 Å². The van der Waals surface area contributed by atoms with Crippen molar-refractivity contribution in [1.82, 2.24) is 5.09 Å². The van der Waals surface area contributed by atoms with Gasteiger partial charge in [0.15, 0.2) is 0 Å². The maximum Gasteiger partial charge on any atom is 0.365 e. The number of rotatable bonds is 7. The number of hydrogen-bond acceptors (Lipinski definition) is 4. The number of nitrogens with zero attached hydrogens (tertiary/aromatic N) is 1. The molecule has 0 radical (unpaired) electrons. The van der Waals surface area contributed by atoms with Crippen molar-refractivity contribution < 1.29 is 9.05 Å². The summed E-state index contributed by atoms with van der Waals surface area (Å²) in [6.45, 7) is 0.858. The van der Waals surface area contributed by atoms with E-state index >= 15 is 0 Å². The highest BCUT2D eigenvalue weighted by Gasteiger charge is 2.18. The Labute approximate surface area is 119 Å². The van der Waals surface area contributed by atoms with Crippen LogP contribution < -0.4 is 5.09 Å². The highest BCUT2D eigenvalue weighted by Crippen LogP contribution is 2.35. The smallest absolute Gasteiger partial charge is 0.180 e. The molecule has 2 aromatic carbocycles. The SMILES string of the molecule is N#CN[PH+](OCc1ccccc1)OCc1ccccc1. The summed E-state index contributed by atoms with van der Waals surface area (Å²) in [6, 6.07) is 19.6. The van der Waals surface area contributed by atoms with Crippen LogP contribution in [0.4, 0.5) is 0 Å². The molecule has 0 spiro atoms. The molecule has 5 heteroatoms. The van der Waals surface area contributed by atoms with Gasteiger partial charge in [0.05, 0.1) is 0 Å². The van der Waals surface area contributed by atoms with Crippen molar-refractivity contribution in [3.8, 4) is 6.19 Å². The normalized spacial score (nSPS) is 10.2. The Morgan fingerprint density at radius 2 is 1.30 bits per heavy atom. The molecule has 0 aromatic heterocycles. The summed E-state index contributed by atoms with van der Waals surface area (Å²) >= 11 is 0. The van der Waals surface area contributed by atoms with Gasteiger partial charge in [0.1, 0.15) is 13.2 Å². The monoisotopic (exact) mass is 287 g/mol. The minimum Gasteiger partial charge on any atom is -0.180 e. The largest absolute Gasteiger partial charge is 0.365 e. The molecule has 20 heavy (non-hydrogen) atoms. The van der Waals surface area contributed by atoms with Gasteiger partial charge in [-0.25, -0.2) is 0 Å². The van der Waals surface area contributed by atoms with Crippen molar-refractivity contribution in [1.29, 1.82) is 5.26 Å². The fraction of sp³-hybridized carbons (Fsp3) is 0.133. The Morgan fingerprint density at radius 1 is 0.850 bits per heavy atom. The van der Waals surface area contributed by atoms with Crippen molar-refractivity contribution in [2.24, 2.45) is 0 Å². The molecule has 0 saturated heterocycles. The van der Waals surface area contributed by atoms with E-state index in [0.29, 0.717) is 13.2 Å². The fourth-order valence-electron chi connectivity index (χ4n) is 1.61. The molecular formula is C15H16N2O2P+. The van der Waals surface area contributed by atoms with Gasteiger partial charge in [-0.2, -0.15) is 14.3 Å². The summed E-state index contributed by atoms with van der Waals surface area (Å²) in [6.07, 6.45) is 1.89. The lowest BCUT2D eigenvalue weighted by atomic mass is 10.2. The molecule has 0 unspecified atom stereocenters. The zero-order valence-corrected chi connectivity index (χ0v) is 12.0. The minimum atomic E-state index is -1.80. The molecule has 0 aliphatic heterocycles. The Morgan fingerprint density at radius 3 is 1.70 bits per heavy atom. The summed E-state index contributed by atoms with van der Waals surface area (Å²) in [4.78, 5) is 0. The first-order valence-electron chi connectivity index (χ1n) is 6.24. The Balaban J connectivity index is 1.83. The molecule has 4 nitrogen and oxygen atoms in total. The summed E-state index contributed by atoms with van der Waals surface area (Å²) < 4.78 is 11.3. The van der Waals surface area contributed by atoms with Crippen molar-refractivity contribution in [3.05, 3.63) is 71.8 Å². The average molecular weight is 287 g/mol. The first kappa shape index (κ1) is 14.5. The molecule has 0 atom stereocenters. The number of benzene rings is 2. The van der Waals surface area contributed by atoms with E-state index in [1.807, 2.05) is 66.9 Å².